The van der Waals surface area contributed by atoms with E-state index < -0.39 is 23.7 Å². The molecule has 0 bridgehead atoms. The molecule has 0 aromatic carbocycles. The van der Waals surface area contributed by atoms with Crippen LogP contribution in [0.3, 0.4) is 0 Å². The fourth-order valence-electron chi connectivity index (χ4n) is 1.76. The van der Waals surface area contributed by atoms with Gasteiger partial charge in [0.1, 0.15) is 11.2 Å². The first-order valence-corrected chi connectivity index (χ1v) is 6.48. The van der Waals surface area contributed by atoms with Gasteiger partial charge in [0.25, 0.3) is 0 Å². The van der Waals surface area contributed by atoms with Crippen molar-refractivity contribution < 1.29 is 19.1 Å². The number of carbonyl (C=O) groups excluding carboxylic acids is 2. The highest BCUT2D eigenvalue weighted by Gasteiger charge is 2.23. The molecule has 1 rings (SSSR count). The molecule has 8 heteroatoms. The van der Waals surface area contributed by atoms with Gasteiger partial charge in [-0.2, -0.15) is 5.10 Å². The summed E-state index contributed by atoms with van der Waals surface area (Å²) in [5, 5.41) is 6.54. The van der Waals surface area contributed by atoms with Crippen LogP contribution in [0.5, 0.6) is 0 Å². The molecule has 0 saturated carbocycles. The first-order valence-electron chi connectivity index (χ1n) is 6.48. The lowest BCUT2D eigenvalue weighted by molar-refractivity contribution is 0.0524. The number of amides is 1. The summed E-state index contributed by atoms with van der Waals surface area (Å²) < 4.78 is 11.3. The lowest BCUT2D eigenvalue weighted by atomic mass is 10.1. The van der Waals surface area contributed by atoms with E-state index in [2.05, 4.69) is 15.2 Å². The Morgan fingerprint density at radius 3 is 2.62 bits per heavy atom. The number of ether oxygens (including phenoxy) is 2. The van der Waals surface area contributed by atoms with Crippen LogP contribution in [0.15, 0.2) is 6.20 Å². The fourth-order valence-corrected chi connectivity index (χ4v) is 1.76. The smallest absolute Gasteiger partial charge is 0.407 e. The number of aryl methyl sites for hydroxylation is 1. The van der Waals surface area contributed by atoms with Gasteiger partial charge < -0.3 is 20.5 Å². The summed E-state index contributed by atoms with van der Waals surface area (Å²) in [6, 6.07) is -0.612. The first-order chi connectivity index (χ1) is 9.65. The van der Waals surface area contributed by atoms with E-state index in [1.807, 2.05) is 0 Å². The van der Waals surface area contributed by atoms with Crippen molar-refractivity contribution in [1.82, 2.24) is 15.1 Å². The lowest BCUT2D eigenvalue weighted by Crippen LogP contribution is -2.37. The number of carbonyl (C=O) groups is 2. The third-order valence-electron chi connectivity index (χ3n) is 2.61. The summed E-state index contributed by atoms with van der Waals surface area (Å²) >= 11 is 0. The van der Waals surface area contributed by atoms with Crippen molar-refractivity contribution >= 4 is 12.1 Å². The Balaban J connectivity index is 2.72. The van der Waals surface area contributed by atoms with Gasteiger partial charge in [0, 0.05) is 13.6 Å². The van der Waals surface area contributed by atoms with Crippen molar-refractivity contribution in [3.8, 4) is 0 Å². The molecule has 0 fully saturated rings. The van der Waals surface area contributed by atoms with E-state index in [0.29, 0.717) is 5.69 Å². The standard InChI is InChI=1S/C13H22N4O4/c1-13(2,3)21-12(19)15-7-9(14)10-8(11(18)20-5)6-16-17(10)4/h6,9H,7,14H2,1-5H3,(H,15,19). The second-order valence-corrected chi connectivity index (χ2v) is 5.55. The molecule has 0 aliphatic carbocycles. The third kappa shape index (κ3) is 4.75. The summed E-state index contributed by atoms with van der Waals surface area (Å²) in [6.45, 7) is 5.41. The molecular weight excluding hydrogens is 276 g/mol. The third-order valence-corrected chi connectivity index (χ3v) is 2.61. The van der Waals surface area contributed by atoms with Crippen molar-refractivity contribution in [1.29, 1.82) is 0 Å². The van der Waals surface area contributed by atoms with Gasteiger partial charge >= 0.3 is 12.1 Å². The van der Waals surface area contributed by atoms with E-state index in [0.717, 1.165) is 0 Å². The number of nitrogens with zero attached hydrogens (tertiary/aromatic N) is 2. The molecule has 0 radical (unpaired) electrons. The number of nitrogens with one attached hydrogen (secondary N) is 1. The van der Waals surface area contributed by atoms with Crippen LogP contribution in [-0.2, 0) is 16.5 Å². The van der Waals surface area contributed by atoms with E-state index in [9.17, 15) is 9.59 Å². The zero-order valence-corrected chi connectivity index (χ0v) is 13.0. The molecule has 21 heavy (non-hydrogen) atoms. The maximum Gasteiger partial charge on any atom is 0.407 e. The predicted octanol–water partition coefficient (Wildman–Crippen LogP) is 0.731. The molecule has 3 N–H and O–H groups in total. The SMILES string of the molecule is COC(=O)c1cnn(C)c1C(N)CNC(=O)OC(C)(C)C. The molecule has 0 aliphatic rings. The Kier molecular flexibility index (Phi) is 5.31. The average molecular weight is 298 g/mol. The van der Waals surface area contributed by atoms with E-state index >= 15 is 0 Å². The van der Waals surface area contributed by atoms with E-state index in [-0.39, 0.29) is 12.1 Å². The zero-order chi connectivity index (χ0) is 16.2. The van der Waals surface area contributed by atoms with Crippen LogP contribution in [-0.4, -0.2) is 41.1 Å². The van der Waals surface area contributed by atoms with Gasteiger partial charge in [0.15, 0.2) is 0 Å². The summed E-state index contributed by atoms with van der Waals surface area (Å²) in [6.07, 6.45) is 0.814. The number of esters is 1. The van der Waals surface area contributed by atoms with Crippen molar-refractivity contribution in [2.24, 2.45) is 12.8 Å². The fraction of sp³-hybridized carbons (Fsp3) is 0.615. The molecule has 1 aromatic heterocycles. The summed E-state index contributed by atoms with van der Waals surface area (Å²) in [5.41, 5.74) is 6.18. The zero-order valence-electron chi connectivity index (χ0n) is 13.0. The van der Waals surface area contributed by atoms with Gasteiger partial charge in [-0.25, -0.2) is 9.59 Å². The normalized spacial score (nSPS) is 12.7. The van der Waals surface area contributed by atoms with Gasteiger partial charge in [0.05, 0.1) is 25.0 Å². The van der Waals surface area contributed by atoms with Gasteiger partial charge in [-0.3, -0.25) is 4.68 Å². The number of methoxy groups -OCH3 is 1. The summed E-state index contributed by atoms with van der Waals surface area (Å²) in [5.74, 6) is -0.522. The largest absolute Gasteiger partial charge is 0.465 e. The van der Waals surface area contributed by atoms with Gasteiger partial charge in [-0.15, -0.1) is 0 Å². The molecular formula is C13H22N4O4. The maximum absolute atomic E-state index is 11.6. The number of nitrogens with two attached hydrogens (primary N) is 1. The number of alkyl carbamates (subject to hydrolysis) is 1. The number of hydrogen-bond acceptors (Lipinski definition) is 6. The minimum absolute atomic E-state index is 0.110. The van der Waals surface area contributed by atoms with Crippen molar-refractivity contribution in [2.45, 2.75) is 32.4 Å². The van der Waals surface area contributed by atoms with E-state index in [4.69, 9.17) is 10.5 Å². The van der Waals surface area contributed by atoms with Crippen LogP contribution in [0.25, 0.3) is 0 Å². The summed E-state index contributed by atoms with van der Waals surface area (Å²) in [4.78, 5) is 23.2. The van der Waals surface area contributed by atoms with Crippen LogP contribution in [0.2, 0.25) is 0 Å². The van der Waals surface area contributed by atoms with Crippen molar-refractivity contribution in [2.75, 3.05) is 13.7 Å². The van der Waals surface area contributed by atoms with Crippen molar-refractivity contribution in [3.05, 3.63) is 17.5 Å². The predicted molar refractivity (Wildman–Crippen MR) is 75.7 cm³/mol. The highest BCUT2D eigenvalue weighted by Crippen LogP contribution is 2.16. The van der Waals surface area contributed by atoms with E-state index in [1.54, 1.807) is 27.8 Å². The molecule has 0 spiro atoms. The highest BCUT2D eigenvalue weighted by molar-refractivity contribution is 5.90. The number of hydrogen-bond donors (Lipinski definition) is 2. The number of rotatable bonds is 4. The minimum atomic E-state index is -0.612. The Labute approximate surface area is 123 Å². The molecule has 0 aliphatic heterocycles. The molecule has 1 atom stereocenters. The average Bonchev–Trinajstić information content (AvgIpc) is 2.75. The molecule has 118 valence electrons. The molecule has 1 unspecified atom stereocenters. The lowest BCUT2D eigenvalue weighted by Gasteiger charge is -2.21. The van der Waals surface area contributed by atoms with Gasteiger partial charge in [-0.05, 0) is 20.8 Å². The van der Waals surface area contributed by atoms with Crippen LogP contribution in [0.1, 0.15) is 42.9 Å². The maximum atomic E-state index is 11.6. The Morgan fingerprint density at radius 2 is 2.10 bits per heavy atom. The van der Waals surface area contributed by atoms with Crippen LogP contribution < -0.4 is 11.1 Å². The molecule has 8 nitrogen and oxygen atoms in total. The van der Waals surface area contributed by atoms with Gasteiger partial charge in [-0.1, -0.05) is 0 Å². The topological polar surface area (TPSA) is 108 Å². The Bertz CT molecular complexity index is 519. The van der Waals surface area contributed by atoms with Crippen LogP contribution in [0, 0.1) is 0 Å². The highest BCUT2D eigenvalue weighted by atomic mass is 16.6. The first kappa shape index (κ1) is 17.0. The number of aromatic nitrogens is 2. The summed E-state index contributed by atoms with van der Waals surface area (Å²) in [7, 11) is 2.94. The van der Waals surface area contributed by atoms with E-state index in [1.165, 1.54) is 18.0 Å². The Hall–Kier alpha value is -2.09. The molecule has 0 saturated heterocycles. The second-order valence-electron chi connectivity index (χ2n) is 5.55. The second kappa shape index (κ2) is 6.57. The van der Waals surface area contributed by atoms with Gasteiger partial charge in [0.2, 0.25) is 0 Å². The van der Waals surface area contributed by atoms with Crippen molar-refractivity contribution in [3.63, 3.8) is 0 Å². The molecule has 1 aromatic rings. The molecule has 1 amide bonds. The quantitative estimate of drug-likeness (QED) is 0.793. The Morgan fingerprint density at radius 1 is 1.48 bits per heavy atom. The van der Waals surface area contributed by atoms with Crippen LogP contribution in [0.4, 0.5) is 4.79 Å². The monoisotopic (exact) mass is 298 g/mol. The molecule has 1 heterocycles. The minimum Gasteiger partial charge on any atom is -0.465 e. The van der Waals surface area contributed by atoms with Crippen LogP contribution >= 0.6 is 0 Å².